The van der Waals surface area contributed by atoms with Crippen LogP contribution in [0.25, 0.3) is 0 Å². The van der Waals surface area contributed by atoms with E-state index < -0.39 is 0 Å². The van der Waals surface area contributed by atoms with Crippen LogP contribution in [0, 0.1) is 5.41 Å². The van der Waals surface area contributed by atoms with Crippen molar-refractivity contribution in [2.45, 2.75) is 0 Å². The van der Waals surface area contributed by atoms with Crippen LogP contribution in [0.2, 0.25) is 0 Å². The molecule has 0 aromatic rings. The predicted octanol–water partition coefficient (Wildman–Crippen LogP) is 0.580. The van der Waals surface area contributed by atoms with E-state index in [0.29, 0.717) is 0 Å². The quantitative estimate of drug-likeness (QED) is 0.304. The van der Waals surface area contributed by atoms with Crippen LogP contribution in [0.15, 0.2) is 18.2 Å². The summed E-state index contributed by atoms with van der Waals surface area (Å²) < 4.78 is 0. The molecule has 1 N–H and O–H groups in total. The van der Waals surface area contributed by atoms with Crippen LogP contribution in [0.4, 0.5) is 0 Å². The monoisotopic (exact) mass is 95.0 g/mol. The van der Waals surface area contributed by atoms with Crippen molar-refractivity contribution in [2.24, 2.45) is 0 Å². The molecule has 0 amide bonds. The molecular weight excluding hydrogens is 90.1 g/mol. The standard InChI is InChI=1S/C5H5NO/c6-4-2-1-3-5-7/h1-4,6H/b2-1-,6-4?. The van der Waals surface area contributed by atoms with E-state index in [-0.39, 0.29) is 0 Å². The summed E-state index contributed by atoms with van der Waals surface area (Å²) in [5.41, 5.74) is 0. The third-order valence-corrected chi connectivity index (χ3v) is 0.372. The van der Waals surface area contributed by atoms with Crippen LogP contribution in [0.5, 0.6) is 0 Å². The smallest absolute Gasteiger partial charge is 0.124 e. The van der Waals surface area contributed by atoms with E-state index in [4.69, 9.17) is 5.41 Å². The van der Waals surface area contributed by atoms with E-state index in [0.717, 1.165) is 6.21 Å². The lowest BCUT2D eigenvalue weighted by atomic mass is 10.5. The Balaban J connectivity index is 3.47. The van der Waals surface area contributed by atoms with Crippen LogP contribution >= 0.6 is 0 Å². The summed E-state index contributed by atoms with van der Waals surface area (Å²) in [6.45, 7) is 0. The number of allylic oxidation sites excluding steroid dienone is 3. The van der Waals surface area contributed by atoms with Gasteiger partial charge in [-0.25, -0.2) is 4.79 Å². The molecule has 0 radical (unpaired) electrons. The summed E-state index contributed by atoms with van der Waals surface area (Å²) in [4.78, 5) is 9.37. The van der Waals surface area contributed by atoms with Crippen molar-refractivity contribution in [3.8, 4) is 0 Å². The average Bonchev–Trinajstić information content (AvgIpc) is 1.69. The van der Waals surface area contributed by atoms with Crippen molar-refractivity contribution >= 4 is 12.2 Å². The molecule has 36 valence electrons. The van der Waals surface area contributed by atoms with Gasteiger partial charge in [-0.3, -0.25) is 0 Å². The average molecular weight is 95.1 g/mol. The molecule has 2 heteroatoms. The lowest BCUT2D eigenvalue weighted by Crippen LogP contribution is -1.53. The minimum atomic E-state index is 1.09. The molecule has 0 fully saturated rings. The number of hydrogen-bond donors (Lipinski definition) is 1. The summed E-state index contributed by atoms with van der Waals surface area (Å²) >= 11 is 0. The van der Waals surface area contributed by atoms with Crippen LogP contribution in [-0.2, 0) is 4.79 Å². The molecule has 0 aliphatic carbocycles. The molecule has 7 heavy (non-hydrogen) atoms. The number of carbonyl (C=O) groups excluding carboxylic acids is 1. The second kappa shape index (κ2) is 4.86. The highest BCUT2D eigenvalue weighted by molar-refractivity contribution is 5.69. The molecule has 0 aromatic heterocycles. The topological polar surface area (TPSA) is 40.9 Å². The fourth-order valence-electron chi connectivity index (χ4n) is 0.150. The highest BCUT2D eigenvalue weighted by Gasteiger charge is 1.54. The van der Waals surface area contributed by atoms with E-state index in [2.05, 4.69) is 0 Å². The summed E-state index contributed by atoms with van der Waals surface area (Å²) in [6, 6.07) is 0. The van der Waals surface area contributed by atoms with Gasteiger partial charge in [0.1, 0.15) is 5.94 Å². The van der Waals surface area contributed by atoms with Gasteiger partial charge in [0.15, 0.2) is 0 Å². The maximum atomic E-state index is 9.37. The Kier molecular flexibility index (Phi) is 4.07. The van der Waals surface area contributed by atoms with Crippen molar-refractivity contribution in [3.05, 3.63) is 18.2 Å². The van der Waals surface area contributed by atoms with E-state index >= 15 is 0 Å². The lowest BCUT2D eigenvalue weighted by Gasteiger charge is -1.58. The van der Waals surface area contributed by atoms with Gasteiger partial charge >= 0.3 is 0 Å². The minimum absolute atomic E-state index is 1.09. The molecule has 0 rings (SSSR count). The van der Waals surface area contributed by atoms with E-state index in [1.54, 1.807) is 0 Å². The number of rotatable bonds is 2. The Labute approximate surface area is 41.7 Å². The first-order valence-corrected chi connectivity index (χ1v) is 1.78. The van der Waals surface area contributed by atoms with Crippen molar-refractivity contribution < 1.29 is 4.79 Å². The molecule has 0 heterocycles. The van der Waals surface area contributed by atoms with E-state index in [1.807, 2.05) is 0 Å². The van der Waals surface area contributed by atoms with Crippen molar-refractivity contribution in [3.63, 3.8) is 0 Å². The SMILES string of the molecule is N=C/C=C\C=C=O. The highest BCUT2D eigenvalue weighted by atomic mass is 16.1. The fourth-order valence-corrected chi connectivity index (χ4v) is 0.150. The summed E-state index contributed by atoms with van der Waals surface area (Å²) in [7, 11) is 0. The normalized spacial score (nSPS) is 8.00. The molecule has 0 bridgehead atoms. The van der Waals surface area contributed by atoms with Crippen molar-refractivity contribution in [1.29, 1.82) is 5.41 Å². The zero-order valence-electron chi connectivity index (χ0n) is 3.72. The van der Waals surface area contributed by atoms with Gasteiger partial charge in [-0.05, 0) is 12.2 Å². The first kappa shape index (κ1) is 5.86. The maximum absolute atomic E-state index is 9.37. The van der Waals surface area contributed by atoms with Gasteiger partial charge in [0.05, 0.1) is 0 Å². The number of hydrogen-bond acceptors (Lipinski definition) is 2. The minimum Gasteiger partial charge on any atom is -0.309 e. The van der Waals surface area contributed by atoms with Gasteiger partial charge in [0.2, 0.25) is 0 Å². The van der Waals surface area contributed by atoms with Gasteiger partial charge in [0.25, 0.3) is 0 Å². The van der Waals surface area contributed by atoms with Crippen LogP contribution < -0.4 is 0 Å². The Morgan fingerprint density at radius 3 is 2.57 bits per heavy atom. The summed E-state index contributed by atoms with van der Waals surface area (Å²) in [5, 5.41) is 6.42. The molecule has 0 saturated carbocycles. The zero-order chi connectivity index (χ0) is 5.54. The molecule has 0 aliphatic heterocycles. The van der Waals surface area contributed by atoms with Crippen LogP contribution in [0.3, 0.4) is 0 Å². The molecule has 0 atom stereocenters. The second-order valence-electron chi connectivity index (χ2n) is 0.836. The molecule has 0 aromatic carbocycles. The molecule has 0 aliphatic rings. The Hall–Kier alpha value is -1.14. The fraction of sp³-hybridized carbons (Fsp3) is 0. The number of nitrogens with one attached hydrogen (secondary N) is 1. The molecule has 2 nitrogen and oxygen atoms in total. The third kappa shape index (κ3) is 4.86. The van der Waals surface area contributed by atoms with Crippen molar-refractivity contribution in [2.75, 3.05) is 0 Å². The van der Waals surface area contributed by atoms with E-state index in [9.17, 15) is 4.79 Å². The maximum Gasteiger partial charge on any atom is 0.124 e. The molecular formula is C5H5NO. The summed E-state index contributed by atoms with van der Waals surface area (Å²) in [5.74, 6) is 1.54. The zero-order valence-corrected chi connectivity index (χ0v) is 3.72. The van der Waals surface area contributed by atoms with Gasteiger partial charge in [-0.2, -0.15) is 0 Å². The Morgan fingerprint density at radius 2 is 2.14 bits per heavy atom. The first-order chi connectivity index (χ1) is 3.41. The van der Waals surface area contributed by atoms with Gasteiger partial charge in [-0.15, -0.1) is 0 Å². The highest BCUT2D eigenvalue weighted by Crippen LogP contribution is 1.62. The molecule has 0 unspecified atom stereocenters. The summed E-state index contributed by atoms with van der Waals surface area (Å²) in [6.07, 6.45) is 5.17. The van der Waals surface area contributed by atoms with Gasteiger partial charge < -0.3 is 5.41 Å². The lowest BCUT2D eigenvalue weighted by molar-refractivity contribution is 0.569. The predicted molar refractivity (Wildman–Crippen MR) is 28.2 cm³/mol. The molecule has 0 spiro atoms. The van der Waals surface area contributed by atoms with Crippen LogP contribution in [0.1, 0.15) is 0 Å². The Morgan fingerprint density at radius 1 is 1.43 bits per heavy atom. The Bertz CT molecular complexity index is 120. The first-order valence-electron chi connectivity index (χ1n) is 1.78. The van der Waals surface area contributed by atoms with Crippen LogP contribution in [-0.4, -0.2) is 12.2 Å². The van der Waals surface area contributed by atoms with Gasteiger partial charge in [-0.1, -0.05) is 0 Å². The van der Waals surface area contributed by atoms with Crippen molar-refractivity contribution in [1.82, 2.24) is 0 Å². The van der Waals surface area contributed by atoms with Gasteiger partial charge in [0, 0.05) is 12.3 Å². The van der Waals surface area contributed by atoms with E-state index in [1.165, 1.54) is 24.2 Å². The third-order valence-electron chi connectivity index (χ3n) is 0.372. The second-order valence-corrected chi connectivity index (χ2v) is 0.836. The largest absolute Gasteiger partial charge is 0.309 e. The molecule has 0 saturated heterocycles.